The fourth-order valence-electron chi connectivity index (χ4n) is 2.03. The molecule has 1 atom stereocenters. The van der Waals surface area contributed by atoms with Crippen LogP contribution in [0, 0.1) is 0 Å². The number of hydrogen-bond acceptors (Lipinski definition) is 3. The summed E-state index contributed by atoms with van der Waals surface area (Å²) in [5.41, 5.74) is 0.795. The number of benzene rings is 1. The standard InChI is InChI=1S/C16H15Cl2NO2S/c1-10(12-5-4-11(17)9-13(12)18)19-16(21)7-6-14(20)15-3-2-8-22-15/h2-5,8-10H,6-7H2,1H3,(H,19,21). The number of amides is 1. The number of rotatable bonds is 6. The number of carbonyl (C=O) groups is 2. The largest absolute Gasteiger partial charge is 0.350 e. The van der Waals surface area contributed by atoms with E-state index in [2.05, 4.69) is 5.32 Å². The van der Waals surface area contributed by atoms with Gasteiger partial charge in [0.25, 0.3) is 0 Å². The molecule has 1 aromatic carbocycles. The summed E-state index contributed by atoms with van der Waals surface area (Å²) in [6.07, 6.45) is 0.361. The summed E-state index contributed by atoms with van der Waals surface area (Å²) >= 11 is 13.4. The van der Waals surface area contributed by atoms with E-state index in [-0.39, 0.29) is 30.6 Å². The maximum Gasteiger partial charge on any atom is 0.220 e. The molecule has 1 amide bonds. The first-order valence-electron chi connectivity index (χ1n) is 6.78. The van der Waals surface area contributed by atoms with Gasteiger partial charge in [0.05, 0.1) is 10.9 Å². The van der Waals surface area contributed by atoms with Crippen LogP contribution in [-0.2, 0) is 4.79 Å². The van der Waals surface area contributed by atoms with Crippen LogP contribution in [0.25, 0.3) is 0 Å². The van der Waals surface area contributed by atoms with Crippen molar-refractivity contribution in [3.63, 3.8) is 0 Å². The van der Waals surface area contributed by atoms with E-state index >= 15 is 0 Å². The van der Waals surface area contributed by atoms with Crippen molar-refractivity contribution in [3.05, 3.63) is 56.2 Å². The first kappa shape index (κ1) is 17.0. The number of thiophene rings is 1. The maximum atomic E-state index is 11.9. The summed E-state index contributed by atoms with van der Waals surface area (Å²) < 4.78 is 0. The van der Waals surface area contributed by atoms with Crippen LogP contribution in [0.15, 0.2) is 35.7 Å². The highest BCUT2D eigenvalue weighted by Crippen LogP contribution is 2.26. The monoisotopic (exact) mass is 355 g/mol. The zero-order valence-electron chi connectivity index (χ0n) is 11.9. The van der Waals surface area contributed by atoms with E-state index in [1.165, 1.54) is 11.3 Å². The Morgan fingerprint density at radius 2 is 2.00 bits per heavy atom. The third-order valence-corrected chi connectivity index (χ3v) is 4.65. The van der Waals surface area contributed by atoms with Crippen LogP contribution in [0.3, 0.4) is 0 Å². The van der Waals surface area contributed by atoms with Gasteiger partial charge in [-0.15, -0.1) is 11.3 Å². The highest BCUT2D eigenvalue weighted by molar-refractivity contribution is 7.12. The molecule has 0 saturated carbocycles. The Balaban J connectivity index is 1.87. The van der Waals surface area contributed by atoms with Gasteiger partial charge in [0.1, 0.15) is 0 Å². The predicted molar refractivity (Wildman–Crippen MR) is 90.9 cm³/mol. The molecule has 0 radical (unpaired) electrons. The summed E-state index contributed by atoms with van der Waals surface area (Å²) in [4.78, 5) is 24.5. The van der Waals surface area contributed by atoms with Crippen molar-refractivity contribution in [1.29, 1.82) is 0 Å². The molecule has 0 spiro atoms. The lowest BCUT2D eigenvalue weighted by Gasteiger charge is -2.15. The first-order valence-corrected chi connectivity index (χ1v) is 8.42. The molecule has 1 unspecified atom stereocenters. The van der Waals surface area contributed by atoms with E-state index in [1.807, 2.05) is 18.4 Å². The second-order valence-electron chi connectivity index (χ2n) is 4.86. The third kappa shape index (κ3) is 4.57. The van der Waals surface area contributed by atoms with Gasteiger partial charge >= 0.3 is 0 Å². The van der Waals surface area contributed by atoms with Crippen LogP contribution >= 0.6 is 34.5 Å². The third-order valence-electron chi connectivity index (χ3n) is 3.18. The van der Waals surface area contributed by atoms with Gasteiger partial charge in [-0.05, 0) is 36.1 Å². The second-order valence-corrected chi connectivity index (χ2v) is 6.65. The van der Waals surface area contributed by atoms with E-state index in [1.54, 1.807) is 24.3 Å². The van der Waals surface area contributed by atoms with Crippen LogP contribution < -0.4 is 5.32 Å². The minimum absolute atomic E-state index is 0.0117. The van der Waals surface area contributed by atoms with Crippen molar-refractivity contribution in [3.8, 4) is 0 Å². The van der Waals surface area contributed by atoms with Crippen molar-refractivity contribution >= 4 is 46.2 Å². The van der Waals surface area contributed by atoms with Crippen molar-refractivity contribution in [2.24, 2.45) is 0 Å². The fraction of sp³-hybridized carbons (Fsp3) is 0.250. The summed E-state index contributed by atoms with van der Waals surface area (Å²) in [5.74, 6) is -0.189. The molecule has 2 rings (SSSR count). The lowest BCUT2D eigenvalue weighted by atomic mass is 10.1. The SMILES string of the molecule is CC(NC(=O)CCC(=O)c1cccs1)c1ccc(Cl)cc1Cl. The average molecular weight is 356 g/mol. The Bertz CT molecular complexity index is 671. The van der Waals surface area contributed by atoms with Gasteiger partial charge in [-0.3, -0.25) is 9.59 Å². The van der Waals surface area contributed by atoms with Crippen LogP contribution in [0.4, 0.5) is 0 Å². The lowest BCUT2D eigenvalue weighted by Crippen LogP contribution is -2.27. The molecule has 0 aliphatic carbocycles. The van der Waals surface area contributed by atoms with Crippen molar-refractivity contribution in [2.75, 3.05) is 0 Å². The molecule has 3 nitrogen and oxygen atoms in total. The van der Waals surface area contributed by atoms with E-state index in [0.29, 0.717) is 14.9 Å². The minimum atomic E-state index is -0.242. The number of hydrogen-bond donors (Lipinski definition) is 1. The molecule has 0 saturated heterocycles. The molecule has 2 aromatic rings. The molecule has 0 bridgehead atoms. The molecule has 116 valence electrons. The number of ketones is 1. The van der Waals surface area contributed by atoms with E-state index < -0.39 is 0 Å². The average Bonchev–Trinajstić information content (AvgIpc) is 2.98. The molecular weight excluding hydrogens is 341 g/mol. The van der Waals surface area contributed by atoms with Crippen molar-refractivity contribution in [1.82, 2.24) is 5.32 Å². The predicted octanol–water partition coefficient (Wildman–Crippen LogP) is 4.90. The number of halogens is 2. The summed E-state index contributed by atoms with van der Waals surface area (Å²) in [6.45, 7) is 1.84. The Hall–Kier alpha value is -1.36. The van der Waals surface area contributed by atoms with Gasteiger partial charge in [0.2, 0.25) is 5.91 Å². The highest BCUT2D eigenvalue weighted by atomic mass is 35.5. The normalized spacial score (nSPS) is 12.0. The first-order chi connectivity index (χ1) is 10.5. The van der Waals surface area contributed by atoms with Gasteiger partial charge in [0.15, 0.2) is 5.78 Å². The Kier molecular flexibility index (Phi) is 6.00. The molecule has 0 aliphatic heterocycles. The van der Waals surface area contributed by atoms with Crippen molar-refractivity contribution < 1.29 is 9.59 Å². The number of nitrogens with one attached hydrogen (secondary N) is 1. The summed E-state index contributed by atoms with van der Waals surface area (Å²) in [6, 6.07) is 8.50. The Morgan fingerprint density at radius 1 is 1.23 bits per heavy atom. The van der Waals surface area contributed by atoms with Gasteiger partial charge in [-0.1, -0.05) is 35.3 Å². The smallest absolute Gasteiger partial charge is 0.220 e. The van der Waals surface area contributed by atoms with Crippen LogP contribution in [0.2, 0.25) is 10.0 Å². The summed E-state index contributed by atoms with van der Waals surface area (Å²) in [7, 11) is 0. The quantitative estimate of drug-likeness (QED) is 0.749. The van der Waals surface area contributed by atoms with Gasteiger partial charge in [-0.25, -0.2) is 0 Å². The maximum absolute atomic E-state index is 11.9. The van der Waals surface area contributed by atoms with Crippen LogP contribution in [0.1, 0.15) is 41.0 Å². The zero-order valence-corrected chi connectivity index (χ0v) is 14.3. The second kappa shape index (κ2) is 7.77. The topological polar surface area (TPSA) is 46.2 Å². The van der Waals surface area contributed by atoms with Gasteiger partial charge in [0, 0.05) is 22.9 Å². The van der Waals surface area contributed by atoms with E-state index in [0.717, 1.165) is 5.56 Å². The zero-order chi connectivity index (χ0) is 16.1. The molecular formula is C16H15Cl2NO2S. The van der Waals surface area contributed by atoms with E-state index in [4.69, 9.17) is 23.2 Å². The number of carbonyl (C=O) groups excluding carboxylic acids is 2. The van der Waals surface area contributed by atoms with Gasteiger partial charge < -0.3 is 5.32 Å². The van der Waals surface area contributed by atoms with Crippen LogP contribution in [-0.4, -0.2) is 11.7 Å². The molecule has 22 heavy (non-hydrogen) atoms. The fourth-order valence-corrected chi connectivity index (χ4v) is 3.30. The Labute approximate surface area is 143 Å². The lowest BCUT2D eigenvalue weighted by molar-refractivity contribution is -0.121. The van der Waals surface area contributed by atoms with Gasteiger partial charge in [-0.2, -0.15) is 0 Å². The highest BCUT2D eigenvalue weighted by Gasteiger charge is 2.15. The Morgan fingerprint density at radius 3 is 2.64 bits per heavy atom. The molecule has 1 heterocycles. The minimum Gasteiger partial charge on any atom is -0.350 e. The van der Waals surface area contributed by atoms with E-state index in [9.17, 15) is 9.59 Å². The molecule has 6 heteroatoms. The molecule has 1 N–H and O–H groups in total. The van der Waals surface area contributed by atoms with Crippen LogP contribution in [0.5, 0.6) is 0 Å². The number of Topliss-reactive ketones (excluding diaryl/α,β-unsaturated/α-hetero) is 1. The molecule has 0 aliphatic rings. The summed E-state index contributed by atoms with van der Waals surface area (Å²) in [5, 5.41) is 5.75. The molecule has 1 aromatic heterocycles. The van der Waals surface area contributed by atoms with Crippen molar-refractivity contribution in [2.45, 2.75) is 25.8 Å². The molecule has 0 fully saturated rings.